The molecule has 3 heterocycles. The molecule has 160 valence electrons. The van der Waals surface area contributed by atoms with Crippen LogP contribution in [-0.4, -0.2) is 58.9 Å². The molecule has 0 bridgehead atoms. The lowest BCUT2D eigenvalue weighted by Gasteiger charge is -2.26. The van der Waals surface area contributed by atoms with Crippen molar-refractivity contribution in [3.63, 3.8) is 0 Å². The Hall–Kier alpha value is -2.44. The molecule has 0 aliphatic carbocycles. The van der Waals surface area contributed by atoms with Crippen LogP contribution in [0.2, 0.25) is 0 Å². The molecule has 1 saturated heterocycles. The Bertz CT molecular complexity index is 984. The third kappa shape index (κ3) is 4.50. The molecule has 1 aliphatic heterocycles. The van der Waals surface area contributed by atoms with E-state index in [2.05, 4.69) is 68.2 Å². The van der Waals surface area contributed by atoms with Crippen molar-refractivity contribution < 1.29 is 4.74 Å². The third-order valence-electron chi connectivity index (χ3n) is 5.66. The summed E-state index contributed by atoms with van der Waals surface area (Å²) in [4.78, 5) is 7.52. The Morgan fingerprint density at radius 1 is 1.10 bits per heavy atom. The number of nitrogens with zero attached hydrogens (tertiary/aromatic N) is 4. The number of hydrogen-bond acceptors (Lipinski definition) is 5. The standard InChI is InChI=1S/C24H33N5O/c1-18-22(19-9-6-5-7-10-19)23-26-20(24(2,3)4)17-21(29(23)27-18)25-11-8-12-28-13-15-30-16-14-28/h5-7,9-10,17,25H,8,11-16H2,1-4H3. The Labute approximate surface area is 179 Å². The molecule has 30 heavy (non-hydrogen) atoms. The van der Waals surface area contributed by atoms with E-state index >= 15 is 0 Å². The van der Waals surface area contributed by atoms with E-state index in [1.54, 1.807) is 0 Å². The van der Waals surface area contributed by atoms with Gasteiger partial charge in [-0.1, -0.05) is 51.1 Å². The molecular weight excluding hydrogens is 374 g/mol. The van der Waals surface area contributed by atoms with Gasteiger partial charge in [-0.15, -0.1) is 0 Å². The highest BCUT2D eigenvalue weighted by Crippen LogP contribution is 2.31. The van der Waals surface area contributed by atoms with E-state index in [-0.39, 0.29) is 5.41 Å². The summed E-state index contributed by atoms with van der Waals surface area (Å²) in [6.45, 7) is 14.4. The Morgan fingerprint density at radius 2 is 1.83 bits per heavy atom. The van der Waals surface area contributed by atoms with Crippen LogP contribution in [-0.2, 0) is 10.2 Å². The smallest absolute Gasteiger partial charge is 0.165 e. The van der Waals surface area contributed by atoms with Gasteiger partial charge in [-0.05, 0) is 25.5 Å². The van der Waals surface area contributed by atoms with Crippen LogP contribution < -0.4 is 5.32 Å². The second-order valence-electron chi connectivity index (χ2n) is 9.07. The van der Waals surface area contributed by atoms with E-state index < -0.39 is 0 Å². The molecule has 3 aromatic rings. The number of hydrogen-bond donors (Lipinski definition) is 1. The molecule has 0 unspecified atom stereocenters. The number of morpholine rings is 1. The van der Waals surface area contributed by atoms with Gasteiger partial charge in [-0.2, -0.15) is 9.61 Å². The van der Waals surface area contributed by atoms with Gasteiger partial charge < -0.3 is 10.1 Å². The maximum Gasteiger partial charge on any atom is 0.165 e. The van der Waals surface area contributed by atoms with Gasteiger partial charge in [0, 0.05) is 36.7 Å². The number of aromatic nitrogens is 3. The lowest BCUT2D eigenvalue weighted by atomic mass is 9.92. The molecule has 1 aromatic carbocycles. The predicted octanol–water partition coefficient (Wildman–Crippen LogP) is 4.14. The summed E-state index contributed by atoms with van der Waals surface area (Å²) in [7, 11) is 0. The molecule has 6 heteroatoms. The van der Waals surface area contributed by atoms with Crippen LogP contribution >= 0.6 is 0 Å². The van der Waals surface area contributed by atoms with Crippen molar-refractivity contribution in [3.05, 3.63) is 47.8 Å². The third-order valence-corrected chi connectivity index (χ3v) is 5.66. The molecule has 0 spiro atoms. The minimum Gasteiger partial charge on any atom is -0.379 e. The second-order valence-corrected chi connectivity index (χ2v) is 9.07. The molecule has 2 aromatic heterocycles. The van der Waals surface area contributed by atoms with Gasteiger partial charge in [0.05, 0.1) is 24.6 Å². The molecule has 1 fully saturated rings. The molecule has 0 atom stereocenters. The van der Waals surface area contributed by atoms with Gasteiger partial charge in [0.2, 0.25) is 0 Å². The summed E-state index contributed by atoms with van der Waals surface area (Å²) in [5, 5.41) is 8.48. The van der Waals surface area contributed by atoms with Gasteiger partial charge in [-0.3, -0.25) is 4.90 Å². The fourth-order valence-corrected chi connectivity index (χ4v) is 3.92. The normalized spacial score (nSPS) is 15.6. The van der Waals surface area contributed by atoms with Gasteiger partial charge in [0.1, 0.15) is 5.82 Å². The number of aryl methyl sites for hydroxylation is 1. The molecule has 0 radical (unpaired) electrons. The molecule has 0 amide bonds. The quantitative estimate of drug-likeness (QED) is 0.623. The number of ether oxygens (including phenoxy) is 1. The second kappa shape index (κ2) is 8.74. The van der Waals surface area contributed by atoms with Crippen LogP contribution in [0.15, 0.2) is 36.4 Å². The van der Waals surface area contributed by atoms with Gasteiger partial charge in [-0.25, -0.2) is 4.98 Å². The van der Waals surface area contributed by atoms with Crippen molar-refractivity contribution in [1.82, 2.24) is 19.5 Å². The monoisotopic (exact) mass is 407 g/mol. The average molecular weight is 408 g/mol. The van der Waals surface area contributed by atoms with Gasteiger partial charge >= 0.3 is 0 Å². The molecule has 1 aliphatic rings. The zero-order valence-electron chi connectivity index (χ0n) is 18.6. The molecular formula is C24H33N5O. The van der Waals surface area contributed by atoms with Crippen LogP contribution in [0.1, 0.15) is 38.6 Å². The van der Waals surface area contributed by atoms with E-state index in [1.165, 1.54) is 0 Å². The van der Waals surface area contributed by atoms with Crippen molar-refractivity contribution in [3.8, 4) is 11.1 Å². The largest absolute Gasteiger partial charge is 0.379 e. The summed E-state index contributed by atoms with van der Waals surface area (Å²) in [5.74, 6) is 1.01. The zero-order valence-corrected chi connectivity index (χ0v) is 18.6. The first-order valence-electron chi connectivity index (χ1n) is 10.9. The molecule has 4 rings (SSSR count). The topological polar surface area (TPSA) is 54.7 Å². The van der Waals surface area contributed by atoms with Crippen LogP contribution in [0.25, 0.3) is 16.8 Å². The fourth-order valence-electron chi connectivity index (χ4n) is 3.92. The zero-order chi connectivity index (χ0) is 21.1. The fraction of sp³-hybridized carbons (Fsp3) is 0.500. The van der Waals surface area contributed by atoms with E-state index in [4.69, 9.17) is 14.8 Å². The molecule has 1 N–H and O–H groups in total. The van der Waals surface area contributed by atoms with Crippen molar-refractivity contribution in [2.45, 2.75) is 39.5 Å². The summed E-state index contributed by atoms with van der Waals surface area (Å²) in [5.41, 5.74) is 5.21. The van der Waals surface area contributed by atoms with Crippen molar-refractivity contribution in [1.29, 1.82) is 0 Å². The number of nitrogens with one attached hydrogen (secondary N) is 1. The maximum absolute atomic E-state index is 5.44. The van der Waals surface area contributed by atoms with E-state index in [0.717, 1.165) is 79.8 Å². The Kier molecular flexibility index (Phi) is 6.06. The lowest BCUT2D eigenvalue weighted by molar-refractivity contribution is 0.0378. The van der Waals surface area contributed by atoms with Crippen molar-refractivity contribution in [2.24, 2.45) is 0 Å². The minimum absolute atomic E-state index is 0.0435. The first kappa shape index (κ1) is 20.8. The van der Waals surface area contributed by atoms with E-state index in [1.807, 2.05) is 10.6 Å². The number of fused-ring (bicyclic) bond motifs is 1. The summed E-state index contributed by atoms with van der Waals surface area (Å²) in [6.07, 6.45) is 1.08. The summed E-state index contributed by atoms with van der Waals surface area (Å²) in [6, 6.07) is 12.6. The van der Waals surface area contributed by atoms with Gasteiger partial charge in [0.25, 0.3) is 0 Å². The highest BCUT2D eigenvalue weighted by Gasteiger charge is 2.22. The van der Waals surface area contributed by atoms with Crippen molar-refractivity contribution >= 4 is 11.5 Å². The lowest BCUT2D eigenvalue weighted by Crippen LogP contribution is -2.37. The van der Waals surface area contributed by atoms with E-state index in [9.17, 15) is 0 Å². The Morgan fingerprint density at radius 3 is 2.53 bits per heavy atom. The predicted molar refractivity (Wildman–Crippen MR) is 122 cm³/mol. The highest BCUT2D eigenvalue weighted by atomic mass is 16.5. The first-order valence-corrected chi connectivity index (χ1v) is 10.9. The van der Waals surface area contributed by atoms with Crippen LogP contribution in [0.4, 0.5) is 5.82 Å². The minimum atomic E-state index is -0.0435. The number of rotatable bonds is 6. The SMILES string of the molecule is Cc1nn2c(NCCCN3CCOCC3)cc(C(C)(C)C)nc2c1-c1ccccc1. The van der Waals surface area contributed by atoms with Crippen LogP contribution in [0, 0.1) is 6.92 Å². The van der Waals surface area contributed by atoms with Crippen LogP contribution in [0.3, 0.4) is 0 Å². The highest BCUT2D eigenvalue weighted by molar-refractivity contribution is 5.81. The van der Waals surface area contributed by atoms with Crippen molar-refractivity contribution in [2.75, 3.05) is 44.7 Å². The van der Waals surface area contributed by atoms with E-state index in [0.29, 0.717) is 0 Å². The molecule has 0 saturated carbocycles. The molecule has 6 nitrogen and oxygen atoms in total. The summed E-state index contributed by atoms with van der Waals surface area (Å²) >= 11 is 0. The van der Waals surface area contributed by atoms with Gasteiger partial charge in [0.15, 0.2) is 5.65 Å². The van der Waals surface area contributed by atoms with Crippen LogP contribution in [0.5, 0.6) is 0 Å². The number of anilines is 1. The average Bonchev–Trinajstić information content (AvgIpc) is 3.08. The summed E-state index contributed by atoms with van der Waals surface area (Å²) < 4.78 is 7.42. The number of benzene rings is 1. The Balaban J connectivity index is 1.63. The maximum atomic E-state index is 5.44. The first-order chi connectivity index (χ1) is 14.4.